The summed E-state index contributed by atoms with van der Waals surface area (Å²) >= 11 is 9.66. The van der Waals surface area contributed by atoms with Crippen molar-refractivity contribution in [2.75, 3.05) is 0 Å². The number of halogens is 4. The van der Waals surface area contributed by atoms with Crippen molar-refractivity contribution in [3.63, 3.8) is 0 Å². The van der Waals surface area contributed by atoms with Gasteiger partial charge in [-0.05, 0) is 34.8 Å². The molecule has 2 aliphatic carbocycles. The third kappa shape index (κ3) is 2.81. The summed E-state index contributed by atoms with van der Waals surface area (Å²) < 4.78 is 33.3. The van der Waals surface area contributed by atoms with Crippen LogP contribution in [0.5, 0.6) is 5.75 Å². The Morgan fingerprint density at radius 2 is 1.81 bits per heavy atom. The molecule has 2 aliphatic rings. The number of alkyl halides is 1. The minimum absolute atomic E-state index is 0.0433. The van der Waals surface area contributed by atoms with Gasteiger partial charge in [-0.3, -0.25) is 0 Å². The molecule has 0 bridgehead atoms. The van der Waals surface area contributed by atoms with Crippen LogP contribution in [0, 0.1) is 17.0 Å². The molecule has 2 saturated carbocycles. The summed E-state index contributed by atoms with van der Waals surface area (Å²) in [6.07, 6.45) is 7.48. The number of hydrogen-bond donors (Lipinski definition) is 0. The summed E-state index contributed by atoms with van der Waals surface area (Å²) in [5.74, 6) is -1.17. The molecule has 5 heteroatoms. The SMILES string of the molecule is Fc1cc(F)c(OC2CC(Cl)C23CCCCCC3)c(Br)c1. The Hall–Kier alpha value is -0.350. The summed E-state index contributed by atoms with van der Waals surface area (Å²) in [7, 11) is 0. The summed E-state index contributed by atoms with van der Waals surface area (Å²) in [6.45, 7) is 0. The molecule has 1 aromatic rings. The minimum atomic E-state index is -0.663. The molecule has 0 saturated heterocycles. The first-order chi connectivity index (χ1) is 10.0. The van der Waals surface area contributed by atoms with Gasteiger partial charge in [-0.25, -0.2) is 8.78 Å². The average molecular weight is 380 g/mol. The zero-order chi connectivity index (χ0) is 15.0. The molecule has 1 spiro atoms. The van der Waals surface area contributed by atoms with Crippen molar-refractivity contribution in [2.24, 2.45) is 5.41 Å². The molecule has 21 heavy (non-hydrogen) atoms. The van der Waals surface area contributed by atoms with Crippen LogP contribution in [0.1, 0.15) is 44.9 Å². The lowest BCUT2D eigenvalue weighted by Gasteiger charge is -2.53. The Morgan fingerprint density at radius 3 is 2.38 bits per heavy atom. The van der Waals surface area contributed by atoms with E-state index in [1.807, 2.05) is 0 Å². The largest absolute Gasteiger partial charge is 0.485 e. The molecule has 1 nitrogen and oxygen atoms in total. The average Bonchev–Trinajstić information content (AvgIpc) is 2.69. The predicted octanol–water partition coefficient (Wildman–Crippen LogP) is 5.83. The highest BCUT2D eigenvalue weighted by Crippen LogP contribution is 2.55. The van der Waals surface area contributed by atoms with E-state index in [0.717, 1.165) is 38.2 Å². The lowest BCUT2D eigenvalue weighted by atomic mass is 9.61. The highest BCUT2D eigenvalue weighted by molar-refractivity contribution is 9.10. The van der Waals surface area contributed by atoms with E-state index in [4.69, 9.17) is 16.3 Å². The van der Waals surface area contributed by atoms with Gasteiger partial charge in [0, 0.05) is 23.3 Å². The maximum Gasteiger partial charge on any atom is 0.169 e. The van der Waals surface area contributed by atoms with E-state index in [2.05, 4.69) is 15.9 Å². The molecule has 3 rings (SSSR count). The fourth-order valence-corrected chi connectivity index (χ4v) is 4.69. The van der Waals surface area contributed by atoms with E-state index in [0.29, 0.717) is 4.47 Å². The molecule has 2 atom stereocenters. The van der Waals surface area contributed by atoms with E-state index in [1.54, 1.807) is 0 Å². The van der Waals surface area contributed by atoms with Crippen LogP contribution in [0.15, 0.2) is 16.6 Å². The summed E-state index contributed by atoms with van der Waals surface area (Å²) in [5.41, 5.74) is -0.0433. The summed E-state index contributed by atoms with van der Waals surface area (Å²) in [6, 6.07) is 2.09. The van der Waals surface area contributed by atoms with Crippen molar-refractivity contribution in [3.8, 4) is 5.75 Å². The Kier molecular flexibility index (Phi) is 4.47. The second-order valence-corrected chi connectivity index (χ2v) is 7.54. The molecule has 0 N–H and O–H groups in total. The van der Waals surface area contributed by atoms with Gasteiger partial charge >= 0.3 is 0 Å². The third-order valence-electron chi connectivity index (χ3n) is 4.94. The van der Waals surface area contributed by atoms with Crippen molar-refractivity contribution >= 4 is 27.5 Å². The van der Waals surface area contributed by atoms with Crippen LogP contribution in [0.2, 0.25) is 0 Å². The van der Waals surface area contributed by atoms with Crippen molar-refractivity contribution in [1.82, 2.24) is 0 Å². The fraction of sp³-hybridized carbons (Fsp3) is 0.625. The number of ether oxygens (including phenoxy) is 1. The molecule has 1 aromatic carbocycles. The van der Waals surface area contributed by atoms with Crippen molar-refractivity contribution in [1.29, 1.82) is 0 Å². The highest BCUT2D eigenvalue weighted by Gasteiger charge is 2.55. The standard InChI is InChI=1S/C16H18BrClF2O/c17-11-7-10(19)8-12(20)15(11)21-14-9-13(18)16(14)5-3-1-2-4-6-16/h7-8,13-14H,1-6,9H2. The first kappa shape index (κ1) is 15.5. The molecule has 2 unspecified atom stereocenters. The molecule has 0 heterocycles. The van der Waals surface area contributed by atoms with Crippen LogP contribution in [-0.2, 0) is 0 Å². The molecule has 2 fully saturated rings. The molecule has 0 radical (unpaired) electrons. The lowest BCUT2D eigenvalue weighted by Crippen LogP contribution is -2.57. The minimum Gasteiger partial charge on any atom is -0.485 e. The van der Waals surface area contributed by atoms with Gasteiger partial charge in [0.15, 0.2) is 11.6 Å². The van der Waals surface area contributed by atoms with Gasteiger partial charge in [-0.2, -0.15) is 0 Å². The topological polar surface area (TPSA) is 9.23 Å². The first-order valence-corrected chi connectivity index (χ1v) is 8.71. The van der Waals surface area contributed by atoms with E-state index < -0.39 is 11.6 Å². The molecular weight excluding hydrogens is 362 g/mol. The van der Waals surface area contributed by atoms with Crippen LogP contribution in [-0.4, -0.2) is 11.5 Å². The third-order valence-corrected chi connectivity index (χ3v) is 6.15. The second-order valence-electron chi connectivity index (χ2n) is 6.16. The van der Waals surface area contributed by atoms with Crippen LogP contribution >= 0.6 is 27.5 Å². The quantitative estimate of drug-likeness (QED) is 0.588. The lowest BCUT2D eigenvalue weighted by molar-refractivity contribution is -0.0534. The fourth-order valence-electron chi connectivity index (χ4n) is 3.67. The van der Waals surface area contributed by atoms with Gasteiger partial charge in [0.25, 0.3) is 0 Å². The normalized spacial score (nSPS) is 28.0. The zero-order valence-electron chi connectivity index (χ0n) is 11.7. The number of rotatable bonds is 2. The van der Waals surface area contributed by atoms with Crippen LogP contribution in [0.4, 0.5) is 8.78 Å². The number of benzene rings is 1. The van der Waals surface area contributed by atoms with Gasteiger partial charge in [-0.1, -0.05) is 25.7 Å². The predicted molar refractivity (Wildman–Crippen MR) is 82.9 cm³/mol. The van der Waals surface area contributed by atoms with Gasteiger partial charge < -0.3 is 4.74 Å². The highest BCUT2D eigenvalue weighted by atomic mass is 79.9. The Balaban J connectivity index is 1.82. The van der Waals surface area contributed by atoms with Crippen LogP contribution < -0.4 is 4.74 Å². The zero-order valence-corrected chi connectivity index (χ0v) is 14.0. The molecule has 0 amide bonds. The Morgan fingerprint density at radius 1 is 1.14 bits per heavy atom. The Labute approximate surface area is 137 Å². The Bertz CT molecular complexity index is 506. The van der Waals surface area contributed by atoms with E-state index in [-0.39, 0.29) is 22.6 Å². The van der Waals surface area contributed by atoms with E-state index in [9.17, 15) is 8.78 Å². The first-order valence-electron chi connectivity index (χ1n) is 7.48. The second kappa shape index (κ2) is 6.04. The van der Waals surface area contributed by atoms with Crippen LogP contribution in [0.25, 0.3) is 0 Å². The van der Waals surface area contributed by atoms with Crippen molar-refractivity contribution in [2.45, 2.75) is 56.4 Å². The maximum atomic E-state index is 13.9. The molecule has 0 aliphatic heterocycles. The molecular formula is C16H18BrClF2O. The summed E-state index contributed by atoms with van der Waals surface area (Å²) in [5, 5.41) is 0.0999. The smallest absolute Gasteiger partial charge is 0.169 e. The van der Waals surface area contributed by atoms with E-state index in [1.165, 1.54) is 18.9 Å². The van der Waals surface area contributed by atoms with Gasteiger partial charge in [0.1, 0.15) is 11.9 Å². The molecule has 0 aromatic heterocycles. The van der Waals surface area contributed by atoms with Crippen LogP contribution in [0.3, 0.4) is 0 Å². The van der Waals surface area contributed by atoms with Crippen molar-refractivity contribution in [3.05, 3.63) is 28.2 Å². The van der Waals surface area contributed by atoms with Gasteiger partial charge in [0.2, 0.25) is 0 Å². The number of hydrogen-bond acceptors (Lipinski definition) is 1. The maximum absolute atomic E-state index is 13.9. The van der Waals surface area contributed by atoms with Gasteiger partial charge in [0.05, 0.1) is 4.47 Å². The monoisotopic (exact) mass is 378 g/mol. The van der Waals surface area contributed by atoms with E-state index >= 15 is 0 Å². The molecule has 116 valence electrons. The summed E-state index contributed by atoms with van der Waals surface area (Å²) in [4.78, 5) is 0. The van der Waals surface area contributed by atoms with Crippen molar-refractivity contribution < 1.29 is 13.5 Å². The van der Waals surface area contributed by atoms with Gasteiger partial charge in [-0.15, -0.1) is 11.6 Å².